The van der Waals surface area contributed by atoms with Crippen molar-refractivity contribution in [2.75, 3.05) is 0 Å². The predicted octanol–water partition coefficient (Wildman–Crippen LogP) is -0.292. The Morgan fingerprint density at radius 1 is 1.33 bits per heavy atom. The fraction of sp³-hybridized carbons (Fsp3) is 0.700. The molecular formula is C10H14N2O3. The van der Waals surface area contributed by atoms with Crippen LogP contribution in [-0.2, 0) is 14.4 Å². The van der Waals surface area contributed by atoms with E-state index in [4.69, 9.17) is 0 Å². The zero-order valence-electron chi connectivity index (χ0n) is 8.41. The van der Waals surface area contributed by atoms with Gasteiger partial charge >= 0.3 is 0 Å². The van der Waals surface area contributed by atoms with Crippen molar-refractivity contribution in [3.8, 4) is 0 Å². The average Bonchev–Trinajstić information content (AvgIpc) is 2.94. The first-order valence-electron chi connectivity index (χ1n) is 5.28. The van der Waals surface area contributed by atoms with Gasteiger partial charge in [-0.2, -0.15) is 0 Å². The summed E-state index contributed by atoms with van der Waals surface area (Å²) in [6, 6.07) is -0.519. The molecule has 1 unspecified atom stereocenters. The Hall–Kier alpha value is -1.39. The first-order valence-corrected chi connectivity index (χ1v) is 5.28. The van der Waals surface area contributed by atoms with E-state index in [9.17, 15) is 14.4 Å². The summed E-state index contributed by atoms with van der Waals surface area (Å²) >= 11 is 0. The lowest BCUT2D eigenvalue weighted by molar-refractivity contribution is -0.137. The third-order valence-electron chi connectivity index (χ3n) is 2.75. The maximum atomic E-state index is 11.4. The summed E-state index contributed by atoms with van der Waals surface area (Å²) in [5.41, 5.74) is 0. The first-order chi connectivity index (χ1) is 7.15. The van der Waals surface area contributed by atoms with Crippen LogP contribution >= 0.6 is 0 Å². The number of nitrogens with one attached hydrogen (secondary N) is 2. The molecule has 5 heteroatoms. The molecule has 1 aliphatic heterocycles. The Kier molecular flexibility index (Phi) is 2.70. The van der Waals surface area contributed by atoms with Gasteiger partial charge in [0, 0.05) is 12.8 Å². The van der Waals surface area contributed by atoms with Crippen molar-refractivity contribution in [1.82, 2.24) is 10.6 Å². The van der Waals surface area contributed by atoms with Crippen molar-refractivity contribution < 1.29 is 14.4 Å². The molecule has 2 N–H and O–H groups in total. The van der Waals surface area contributed by atoms with Crippen molar-refractivity contribution in [2.24, 2.45) is 5.92 Å². The molecule has 15 heavy (non-hydrogen) atoms. The average molecular weight is 210 g/mol. The van der Waals surface area contributed by atoms with Crippen LogP contribution in [0.2, 0.25) is 0 Å². The number of carbonyl (C=O) groups is 3. The van der Waals surface area contributed by atoms with Gasteiger partial charge < -0.3 is 5.32 Å². The minimum absolute atomic E-state index is 0.0769. The van der Waals surface area contributed by atoms with Gasteiger partial charge in [-0.25, -0.2) is 0 Å². The molecule has 1 saturated carbocycles. The summed E-state index contributed by atoms with van der Waals surface area (Å²) in [4.78, 5) is 33.6. The first kappa shape index (κ1) is 10.1. The Labute approximate surface area is 87.6 Å². The van der Waals surface area contributed by atoms with Crippen LogP contribution in [0.25, 0.3) is 0 Å². The van der Waals surface area contributed by atoms with Crippen LogP contribution in [0.5, 0.6) is 0 Å². The number of imide groups is 1. The van der Waals surface area contributed by atoms with Crippen LogP contribution in [0.1, 0.15) is 32.1 Å². The second-order valence-corrected chi connectivity index (χ2v) is 4.22. The fourth-order valence-corrected chi connectivity index (χ4v) is 1.67. The molecule has 82 valence electrons. The molecule has 1 aliphatic carbocycles. The van der Waals surface area contributed by atoms with Crippen LogP contribution in [0, 0.1) is 5.92 Å². The highest BCUT2D eigenvalue weighted by Gasteiger charge is 2.30. The molecule has 2 rings (SSSR count). The van der Waals surface area contributed by atoms with E-state index >= 15 is 0 Å². The summed E-state index contributed by atoms with van der Waals surface area (Å²) in [5.74, 6) is -0.201. The number of piperidine rings is 1. The third-order valence-corrected chi connectivity index (χ3v) is 2.75. The Morgan fingerprint density at radius 2 is 2.07 bits per heavy atom. The Bertz CT molecular complexity index is 310. The van der Waals surface area contributed by atoms with Gasteiger partial charge in [-0.1, -0.05) is 0 Å². The van der Waals surface area contributed by atoms with Gasteiger partial charge in [0.1, 0.15) is 6.04 Å². The molecule has 1 atom stereocenters. The van der Waals surface area contributed by atoms with E-state index in [1.165, 1.54) is 0 Å². The molecule has 0 bridgehead atoms. The number of amides is 3. The van der Waals surface area contributed by atoms with Crippen molar-refractivity contribution in [1.29, 1.82) is 0 Å². The maximum absolute atomic E-state index is 11.4. The highest BCUT2D eigenvalue weighted by atomic mass is 16.2. The predicted molar refractivity (Wildman–Crippen MR) is 51.7 cm³/mol. The van der Waals surface area contributed by atoms with Gasteiger partial charge in [0.2, 0.25) is 17.7 Å². The minimum Gasteiger partial charge on any atom is -0.344 e. The smallest absolute Gasteiger partial charge is 0.249 e. The lowest BCUT2D eigenvalue weighted by atomic mass is 10.1. The molecule has 3 amide bonds. The van der Waals surface area contributed by atoms with Crippen LogP contribution in [0.4, 0.5) is 0 Å². The fourth-order valence-electron chi connectivity index (χ4n) is 1.67. The highest BCUT2D eigenvalue weighted by molar-refractivity contribution is 6.01. The second-order valence-electron chi connectivity index (χ2n) is 4.22. The van der Waals surface area contributed by atoms with Gasteiger partial charge in [0.15, 0.2) is 0 Å². The lowest BCUT2D eigenvalue weighted by Gasteiger charge is -2.21. The van der Waals surface area contributed by atoms with Gasteiger partial charge in [0.25, 0.3) is 0 Å². The molecule has 0 aromatic heterocycles. The van der Waals surface area contributed by atoms with Crippen LogP contribution in [0.15, 0.2) is 0 Å². The van der Waals surface area contributed by atoms with Crippen LogP contribution in [0.3, 0.4) is 0 Å². The van der Waals surface area contributed by atoms with Crippen molar-refractivity contribution in [2.45, 2.75) is 38.1 Å². The standard InChI is InChI=1S/C10H14N2O3/c13-8-4-3-7(10(15)12-8)11-9(14)5-6-1-2-6/h6-7H,1-5H2,(H,11,14)(H,12,13,15). The summed E-state index contributed by atoms with van der Waals surface area (Å²) < 4.78 is 0. The summed E-state index contributed by atoms with van der Waals surface area (Å²) in [7, 11) is 0. The number of rotatable bonds is 3. The van der Waals surface area contributed by atoms with Crippen LogP contribution < -0.4 is 10.6 Å². The molecular weight excluding hydrogens is 196 g/mol. The lowest BCUT2D eigenvalue weighted by Crippen LogP contribution is -2.52. The second kappa shape index (κ2) is 4.00. The number of hydrogen-bond donors (Lipinski definition) is 2. The van der Waals surface area contributed by atoms with Gasteiger partial charge in [0.05, 0.1) is 0 Å². The molecule has 0 spiro atoms. The van der Waals surface area contributed by atoms with E-state index in [1.54, 1.807) is 0 Å². The zero-order chi connectivity index (χ0) is 10.8. The molecule has 0 aromatic rings. The van der Waals surface area contributed by atoms with E-state index in [1.807, 2.05) is 0 Å². The molecule has 1 heterocycles. The normalized spacial score (nSPS) is 26.0. The van der Waals surface area contributed by atoms with Crippen molar-refractivity contribution in [3.05, 3.63) is 0 Å². The van der Waals surface area contributed by atoms with E-state index in [2.05, 4.69) is 10.6 Å². The summed E-state index contributed by atoms with van der Waals surface area (Å²) in [6.07, 6.45) is 3.46. The maximum Gasteiger partial charge on any atom is 0.249 e. The highest BCUT2D eigenvalue weighted by Crippen LogP contribution is 2.32. The molecule has 0 aromatic carbocycles. The van der Waals surface area contributed by atoms with E-state index in [0.717, 1.165) is 12.8 Å². The van der Waals surface area contributed by atoms with Gasteiger partial charge in [-0.15, -0.1) is 0 Å². The van der Waals surface area contributed by atoms with E-state index in [-0.39, 0.29) is 17.7 Å². The molecule has 2 aliphatic rings. The summed E-state index contributed by atoms with van der Waals surface area (Å²) in [6.45, 7) is 0. The Balaban J connectivity index is 1.79. The molecule has 1 saturated heterocycles. The van der Waals surface area contributed by atoms with Gasteiger partial charge in [-0.05, 0) is 25.2 Å². The summed E-state index contributed by atoms with van der Waals surface area (Å²) in [5, 5.41) is 4.87. The third kappa shape index (κ3) is 2.78. The number of carbonyl (C=O) groups excluding carboxylic acids is 3. The minimum atomic E-state index is -0.519. The van der Waals surface area contributed by atoms with E-state index in [0.29, 0.717) is 25.2 Å². The van der Waals surface area contributed by atoms with E-state index < -0.39 is 6.04 Å². The largest absolute Gasteiger partial charge is 0.344 e. The molecule has 5 nitrogen and oxygen atoms in total. The SMILES string of the molecule is O=C1CCC(NC(=O)CC2CC2)C(=O)N1. The number of hydrogen-bond acceptors (Lipinski definition) is 3. The Morgan fingerprint density at radius 3 is 2.67 bits per heavy atom. The van der Waals surface area contributed by atoms with Crippen molar-refractivity contribution >= 4 is 17.7 Å². The van der Waals surface area contributed by atoms with Crippen LogP contribution in [-0.4, -0.2) is 23.8 Å². The molecule has 0 radical (unpaired) electrons. The zero-order valence-corrected chi connectivity index (χ0v) is 8.41. The molecule has 2 fully saturated rings. The monoisotopic (exact) mass is 210 g/mol. The van der Waals surface area contributed by atoms with Gasteiger partial charge in [-0.3, -0.25) is 19.7 Å². The quantitative estimate of drug-likeness (QED) is 0.628. The topological polar surface area (TPSA) is 75.3 Å². The van der Waals surface area contributed by atoms with Crippen molar-refractivity contribution in [3.63, 3.8) is 0 Å².